The molecule has 0 fully saturated rings. The van der Waals surface area contributed by atoms with Gasteiger partial charge in [0.15, 0.2) is 5.82 Å². The molecule has 0 aliphatic rings. The Morgan fingerprint density at radius 2 is 1.93 bits per heavy atom. The molecule has 0 spiro atoms. The molecule has 0 saturated carbocycles. The van der Waals surface area contributed by atoms with Crippen molar-refractivity contribution >= 4 is 46.3 Å². The van der Waals surface area contributed by atoms with Gasteiger partial charge >= 0.3 is 0 Å². The molecule has 4 aromatic rings. The number of aromatic nitrogens is 4. The van der Waals surface area contributed by atoms with Crippen molar-refractivity contribution in [1.82, 2.24) is 19.5 Å². The molecule has 136 valence electrons. The van der Waals surface area contributed by atoms with E-state index in [0.29, 0.717) is 15.9 Å². The number of thioether (sulfide) groups is 1. The van der Waals surface area contributed by atoms with Gasteiger partial charge in [-0.15, -0.1) is 21.5 Å². The first kappa shape index (κ1) is 17.8. The molecule has 3 heterocycles. The van der Waals surface area contributed by atoms with Gasteiger partial charge in [0, 0.05) is 12.4 Å². The summed E-state index contributed by atoms with van der Waals surface area (Å²) in [6.07, 6.45) is 3.82. The number of hydrogen-bond donors (Lipinski definition) is 1. The van der Waals surface area contributed by atoms with Crippen molar-refractivity contribution in [3.8, 4) is 10.7 Å². The summed E-state index contributed by atoms with van der Waals surface area (Å²) < 4.78 is 3.78. The zero-order valence-corrected chi connectivity index (χ0v) is 16.3. The highest BCUT2D eigenvalue weighted by Gasteiger charge is 2.17. The maximum Gasteiger partial charge on any atom is 0.234 e. The maximum absolute atomic E-state index is 12.3. The fourth-order valence-corrected chi connectivity index (χ4v) is 4.07. The van der Waals surface area contributed by atoms with E-state index in [2.05, 4.69) is 15.5 Å². The molecule has 3 aromatic heterocycles. The van der Waals surface area contributed by atoms with E-state index < -0.39 is 0 Å². The van der Waals surface area contributed by atoms with Gasteiger partial charge in [-0.05, 0) is 35.7 Å². The summed E-state index contributed by atoms with van der Waals surface area (Å²) in [5, 5.41) is 14.5. The van der Waals surface area contributed by atoms with E-state index in [1.807, 2.05) is 63.5 Å². The lowest BCUT2D eigenvalue weighted by molar-refractivity contribution is -0.113. The molecular formula is C18H14ClN5OS2. The highest BCUT2D eigenvalue weighted by molar-refractivity contribution is 7.99. The Morgan fingerprint density at radius 1 is 1.11 bits per heavy atom. The van der Waals surface area contributed by atoms with Crippen LogP contribution >= 0.6 is 34.7 Å². The number of benzene rings is 1. The fourth-order valence-electron chi connectivity index (χ4n) is 2.46. The topological polar surface area (TPSA) is 64.7 Å². The van der Waals surface area contributed by atoms with E-state index in [9.17, 15) is 4.79 Å². The number of nitrogens with zero attached hydrogens (tertiary/aromatic N) is 4. The average molecular weight is 416 g/mol. The summed E-state index contributed by atoms with van der Waals surface area (Å²) in [5.41, 5.74) is 0.593. The van der Waals surface area contributed by atoms with Crippen molar-refractivity contribution in [2.45, 2.75) is 5.16 Å². The molecule has 0 aliphatic heterocycles. The molecule has 0 unspecified atom stereocenters. The SMILES string of the molecule is O=C(CSc1nnc(-c2cccs2)n1-n1cccc1)Nc1ccccc1Cl. The Bertz CT molecular complexity index is 1040. The van der Waals surface area contributed by atoms with Gasteiger partial charge in [-0.3, -0.25) is 9.47 Å². The fraction of sp³-hybridized carbons (Fsp3) is 0.0556. The molecule has 0 saturated heterocycles. The molecule has 0 radical (unpaired) electrons. The van der Waals surface area contributed by atoms with E-state index in [4.69, 9.17) is 11.6 Å². The maximum atomic E-state index is 12.3. The van der Waals surface area contributed by atoms with Crippen molar-refractivity contribution in [2.24, 2.45) is 0 Å². The largest absolute Gasteiger partial charge is 0.324 e. The number of halogens is 1. The normalized spacial score (nSPS) is 10.9. The number of thiophene rings is 1. The van der Waals surface area contributed by atoms with E-state index in [1.54, 1.807) is 23.5 Å². The predicted octanol–water partition coefficient (Wildman–Crippen LogP) is 4.50. The van der Waals surface area contributed by atoms with E-state index in [0.717, 1.165) is 10.7 Å². The lowest BCUT2D eigenvalue weighted by Gasteiger charge is -2.10. The van der Waals surface area contributed by atoms with Gasteiger partial charge in [-0.1, -0.05) is 41.6 Å². The molecule has 0 aliphatic carbocycles. The Kier molecular flexibility index (Phi) is 5.28. The summed E-state index contributed by atoms with van der Waals surface area (Å²) in [4.78, 5) is 13.3. The molecule has 9 heteroatoms. The first-order valence-corrected chi connectivity index (χ1v) is 10.3. The van der Waals surface area contributed by atoms with Crippen molar-refractivity contribution in [3.05, 3.63) is 71.3 Å². The molecule has 4 rings (SSSR count). The van der Waals surface area contributed by atoms with Crippen LogP contribution in [0, 0.1) is 0 Å². The van der Waals surface area contributed by atoms with Crippen LogP contribution in [0.3, 0.4) is 0 Å². The molecule has 1 amide bonds. The third kappa shape index (κ3) is 3.92. The smallest absolute Gasteiger partial charge is 0.234 e. The Hall–Kier alpha value is -2.55. The summed E-state index contributed by atoms with van der Waals surface area (Å²) in [7, 11) is 0. The zero-order valence-electron chi connectivity index (χ0n) is 13.9. The highest BCUT2D eigenvalue weighted by atomic mass is 35.5. The van der Waals surface area contributed by atoms with Crippen LogP contribution < -0.4 is 5.32 Å². The van der Waals surface area contributed by atoms with Crippen molar-refractivity contribution in [2.75, 3.05) is 11.1 Å². The second-order valence-corrected chi connectivity index (χ2v) is 7.77. The quantitative estimate of drug-likeness (QED) is 0.471. The second kappa shape index (κ2) is 7.99. The van der Waals surface area contributed by atoms with Gasteiger partial charge in [0.25, 0.3) is 0 Å². The molecule has 0 bridgehead atoms. The number of amides is 1. The first-order chi connectivity index (χ1) is 13.2. The first-order valence-electron chi connectivity index (χ1n) is 8.02. The van der Waals surface area contributed by atoms with Crippen LogP contribution in [0.2, 0.25) is 5.02 Å². The highest BCUT2D eigenvalue weighted by Crippen LogP contribution is 2.28. The van der Waals surface area contributed by atoms with E-state index in [-0.39, 0.29) is 11.7 Å². The molecule has 6 nitrogen and oxygen atoms in total. The third-order valence-electron chi connectivity index (χ3n) is 3.65. The van der Waals surface area contributed by atoms with Gasteiger partial charge in [0.1, 0.15) is 0 Å². The number of anilines is 1. The van der Waals surface area contributed by atoms with Crippen LogP contribution in [0.5, 0.6) is 0 Å². The molecule has 1 N–H and O–H groups in total. The summed E-state index contributed by atoms with van der Waals surface area (Å²) in [6.45, 7) is 0. The van der Waals surface area contributed by atoms with Crippen LogP contribution in [0.4, 0.5) is 5.69 Å². The third-order valence-corrected chi connectivity index (χ3v) is 5.77. The lowest BCUT2D eigenvalue weighted by Crippen LogP contribution is -2.16. The van der Waals surface area contributed by atoms with Gasteiger partial charge in [0.2, 0.25) is 11.1 Å². The van der Waals surface area contributed by atoms with Gasteiger partial charge in [-0.25, -0.2) is 4.68 Å². The van der Waals surface area contributed by atoms with E-state index in [1.165, 1.54) is 11.8 Å². The van der Waals surface area contributed by atoms with Crippen LogP contribution in [-0.2, 0) is 4.79 Å². The van der Waals surface area contributed by atoms with Gasteiger partial charge < -0.3 is 5.32 Å². The molecule has 1 aromatic carbocycles. The van der Waals surface area contributed by atoms with Crippen LogP contribution in [0.15, 0.2) is 71.5 Å². The number of carbonyl (C=O) groups excluding carboxylic acids is 1. The van der Waals surface area contributed by atoms with Crippen molar-refractivity contribution in [3.63, 3.8) is 0 Å². The molecule has 27 heavy (non-hydrogen) atoms. The molecule has 0 atom stereocenters. The predicted molar refractivity (Wildman–Crippen MR) is 109 cm³/mol. The number of para-hydroxylation sites is 1. The second-order valence-electron chi connectivity index (χ2n) is 5.48. The van der Waals surface area contributed by atoms with E-state index >= 15 is 0 Å². The Morgan fingerprint density at radius 3 is 2.67 bits per heavy atom. The lowest BCUT2D eigenvalue weighted by atomic mass is 10.3. The number of hydrogen-bond acceptors (Lipinski definition) is 5. The average Bonchev–Trinajstić information content (AvgIpc) is 3.42. The minimum Gasteiger partial charge on any atom is -0.324 e. The van der Waals surface area contributed by atoms with Crippen LogP contribution in [0.25, 0.3) is 10.7 Å². The van der Waals surface area contributed by atoms with Crippen molar-refractivity contribution in [1.29, 1.82) is 0 Å². The van der Waals surface area contributed by atoms with Gasteiger partial charge in [-0.2, -0.15) is 0 Å². The molecular weight excluding hydrogens is 402 g/mol. The van der Waals surface area contributed by atoms with Crippen LogP contribution in [0.1, 0.15) is 0 Å². The number of carbonyl (C=O) groups is 1. The van der Waals surface area contributed by atoms with Crippen LogP contribution in [-0.4, -0.2) is 31.2 Å². The number of rotatable bonds is 6. The van der Waals surface area contributed by atoms with Gasteiger partial charge in [0.05, 0.1) is 21.3 Å². The van der Waals surface area contributed by atoms with Crippen molar-refractivity contribution < 1.29 is 4.79 Å². The zero-order chi connectivity index (χ0) is 18.6. The Labute approximate surface area is 168 Å². The summed E-state index contributed by atoms with van der Waals surface area (Å²) in [6, 6.07) is 15.0. The minimum atomic E-state index is -0.159. The monoisotopic (exact) mass is 415 g/mol. The minimum absolute atomic E-state index is 0.159. The number of nitrogens with one attached hydrogen (secondary N) is 1. The standard InChI is InChI=1S/C18H14ClN5OS2/c19-13-6-1-2-7-14(13)20-16(25)12-27-18-22-21-17(15-8-5-11-26-15)24(18)23-9-3-4-10-23/h1-11H,12H2,(H,20,25). The Balaban J connectivity index is 1.54. The summed E-state index contributed by atoms with van der Waals surface area (Å²) in [5.74, 6) is 0.762. The summed E-state index contributed by atoms with van der Waals surface area (Å²) >= 11 is 8.99.